The number of hydrogen-bond acceptors (Lipinski definition) is 1. The number of halogens is 1. The predicted molar refractivity (Wildman–Crippen MR) is 69.1 cm³/mol. The lowest BCUT2D eigenvalue weighted by atomic mass is 10.1. The van der Waals surface area contributed by atoms with Crippen LogP contribution in [0.5, 0.6) is 0 Å². The average Bonchev–Trinajstić information content (AvgIpc) is 2.32. The number of nitrogens with zero attached hydrogens (tertiary/aromatic N) is 1. The first-order valence-electron chi connectivity index (χ1n) is 5.18. The minimum absolute atomic E-state index is 0.0209. The largest absolute Gasteiger partial charge is 0.283 e. The molecule has 0 aliphatic carbocycles. The van der Waals surface area contributed by atoms with Gasteiger partial charge in [0.15, 0.2) is 0 Å². The highest BCUT2D eigenvalue weighted by molar-refractivity contribution is 9.10. The molecule has 3 heteroatoms. The number of aromatic nitrogens is 1. The summed E-state index contributed by atoms with van der Waals surface area (Å²) in [6.07, 6.45) is 2.79. The second-order valence-electron chi connectivity index (χ2n) is 3.58. The Morgan fingerprint density at radius 3 is 2.44 bits per heavy atom. The van der Waals surface area contributed by atoms with Gasteiger partial charge in [-0.05, 0) is 46.1 Å². The summed E-state index contributed by atoms with van der Waals surface area (Å²) >= 11 is 3.36. The van der Waals surface area contributed by atoms with Crippen molar-refractivity contribution in [3.63, 3.8) is 0 Å². The van der Waals surface area contributed by atoms with Crippen LogP contribution in [0.4, 0.5) is 0 Å². The third-order valence-corrected chi connectivity index (χ3v) is 2.97. The van der Waals surface area contributed by atoms with Gasteiger partial charge in [0, 0.05) is 22.4 Å². The second kappa shape index (κ2) is 4.66. The van der Waals surface area contributed by atoms with Crippen molar-refractivity contribution in [2.45, 2.75) is 13.3 Å². The van der Waals surface area contributed by atoms with Crippen molar-refractivity contribution in [3.8, 4) is 5.69 Å². The van der Waals surface area contributed by atoms with Crippen LogP contribution in [0.1, 0.15) is 12.5 Å². The van der Waals surface area contributed by atoms with Crippen molar-refractivity contribution < 1.29 is 0 Å². The van der Waals surface area contributed by atoms with Crippen molar-refractivity contribution >= 4 is 15.9 Å². The maximum absolute atomic E-state index is 11.7. The molecular formula is C13H12BrNO. The molecule has 0 amide bonds. The Labute approximate surface area is 103 Å². The van der Waals surface area contributed by atoms with Gasteiger partial charge in [0.1, 0.15) is 0 Å². The third-order valence-electron chi connectivity index (χ3n) is 2.50. The van der Waals surface area contributed by atoms with E-state index in [1.165, 1.54) is 5.56 Å². The predicted octanol–water partition coefficient (Wildman–Crippen LogP) is 3.16. The zero-order valence-electron chi connectivity index (χ0n) is 8.98. The standard InChI is InChI=1S/C13H12BrNO/c1-2-10-3-6-12(7-4-10)15-9-11(14)5-8-13(15)16/h3-9H,2H2,1H3. The van der Waals surface area contributed by atoms with Crippen LogP contribution in [0.3, 0.4) is 0 Å². The highest BCUT2D eigenvalue weighted by Crippen LogP contribution is 2.11. The van der Waals surface area contributed by atoms with Crippen LogP contribution in [-0.4, -0.2) is 4.57 Å². The summed E-state index contributed by atoms with van der Waals surface area (Å²) in [5.41, 5.74) is 2.14. The van der Waals surface area contributed by atoms with E-state index in [9.17, 15) is 4.79 Å². The number of pyridine rings is 1. The molecule has 0 spiro atoms. The van der Waals surface area contributed by atoms with Crippen molar-refractivity contribution in [1.82, 2.24) is 4.57 Å². The number of aryl methyl sites for hydroxylation is 1. The number of hydrogen-bond donors (Lipinski definition) is 0. The quantitative estimate of drug-likeness (QED) is 0.827. The Balaban J connectivity index is 2.50. The molecular weight excluding hydrogens is 266 g/mol. The van der Waals surface area contributed by atoms with Crippen molar-refractivity contribution in [1.29, 1.82) is 0 Å². The molecule has 0 bridgehead atoms. The first-order chi connectivity index (χ1) is 7.70. The van der Waals surface area contributed by atoms with Gasteiger partial charge in [0.25, 0.3) is 5.56 Å². The SMILES string of the molecule is CCc1ccc(-n2cc(Br)ccc2=O)cc1. The maximum atomic E-state index is 11.7. The molecule has 0 aliphatic rings. The fourth-order valence-electron chi connectivity index (χ4n) is 1.56. The summed E-state index contributed by atoms with van der Waals surface area (Å²) in [4.78, 5) is 11.7. The maximum Gasteiger partial charge on any atom is 0.255 e. The molecule has 82 valence electrons. The van der Waals surface area contributed by atoms with E-state index in [1.807, 2.05) is 24.3 Å². The lowest BCUT2D eigenvalue weighted by Crippen LogP contribution is -2.15. The molecule has 1 heterocycles. The van der Waals surface area contributed by atoms with Crippen molar-refractivity contribution in [2.75, 3.05) is 0 Å². The van der Waals surface area contributed by atoms with Gasteiger partial charge in [0.05, 0.1) is 0 Å². The fourth-order valence-corrected chi connectivity index (χ4v) is 1.89. The van der Waals surface area contributed by atoms with E-state index in [4.69, 9.17) is 0 Å². The Kier molecular flexibility index (Phi) is 3.25. The van der Waals surface area contributed by atoms with Crippen LogP contribution in [0.15, 0.2) is 51.9 Å². The first-order valence-corrected chi connectivity index (χ1v) is 5.97. The number of benzene rings is 1. The Hall–Kier alpha value is -1.35. The lowest BCUT2D eigenvalue weighted by Gasteiger charge is -2.06. The molecule has 2 nitrogen and oxygen atoms in total. The van der Waals surface area contributed by atoms with Crippen LogP contribution < -0.4 is 5.56 Å². The summed E-state index contributed by atoms with van der Waals surface area (Å²) in [6.45, 7) is 2.11. The molecule has 16 heavy (non-hydrogen) atoms. The van der Waals surface area contributed by atoms with Gasteiger partial charge in [-0.1, -0.05) is 19.1 Å². The van der Waals surface area contributed by atoms with Crippen LogP contribution in [-0.2, 0) is 6.42 Å². The molecule has 0 N–H and O–H groups in total. The molecule has 1 aromatic heterocycles. The van der Waals surface area contributed by atoms with Gasteiger partial charge < -0.3 is 0 Å². The molecule has 1 aromatic carbocycles. The highest BCUT2D eigenvalue weighted by Gasteiger charge is 1.99. The fraction of sp³-hybridized carbons (Fsp3) is 0.154. The molecule has 2 rings (SSSR count). The smallest absolute Gasteiger partial charge is 0.255 e. The lowest BCUT2D eigenvalue weighted by molar-refractivity contribution is 0.979. The zero-order valence-corrected chi connectivity index (χ0v) is 10.6. The van der Waals surface area contributed by atoms with E-state index in [2.05, 4.69) is 22.9 Å². The molecule has 0 aliphatic heterocycles. The Morgan fingerprint density at radius 2 is 1.81 bits per heavy atom. The average molecular weight is 278 g/mol. The summed E-state index contributed by atoms with van der Waals surface area (Å²) in [5, 5.41) is 0. The van der Waals surface area contributed by atoms with Gasteiger partial charge in [-0.15, -0.1) is 0 Å². The van der Waals surface area contributed by atoms with Crippen molar-refractivity contribution in [3.05, 3.63) is 63.0 Å². The Bertz CT molecular complexity index is 543. The molecule has 2 aromatic rings. The van der Waals surface area contributed by atoms with Gasteiger partial charge in [-0.2, -0.15) is 0 Å². The molecule has 0 saturated carbocycles. The second-order valence-corrected chi connectivity index (χ2v) is 4.49. The van der Waals surface area contributed by atoms with E-state index in [-0.39, 0.29) is 5.56 Å². The molecule has 0 saturated heterocycles. The van der Waals surface area contributed by atoms with Crippen LogP contribution in [0.2, 0.25) is 0 Å². The minimum Gasteiger partial charge on any atom is -0.283 e. The zero-order chi connectivity index (χ0) is 11.5. The van der Waals surface area contributed by atoms with Gasteiger partial charge in [-0.25, -0.2) is 0 Å². The summed E-state index contributed by atoms with van der Waals surface area (Å²) in [5.74, 6) is 0. The minimum atomic E-state index is -0.0209. The third kappa shape index (κ3) is 2.25. The topological polar surface area (TPSA) is 22.0 Å². The van der Waals surface area contributed by atoms with Gasteiger partial charge in [-0.3, -0.25) is 9.36 Å². The van der Waals surface area contributed by atoms with E-state index in [1.54, 1.807) is 22.9 Å². The van der Waals surface area contributed by atoms with E-state index < -0.39 is 0 Å². The van der Waals surface area contributed by atoms with E-state index in [0.717, 1.165) is 16.6 Å². The molecule has 0 radical (unpaired) electrons. The monoisotopic (exact) mass is 277 g/mol. The van der Waals surface area contributed by atoms with Crippen LogP contribution in [0, 0.1) is 0 Å². The highest BCUT2D eigenvalue weighted by atomic mass is 79.9. The van der Waals surface area contributed by atoms with Crippen molar-refractivity contribution in [2.24, 2.45) is 0 Å². The molecule has 0 unspecified atom stereocenters. The normalized spacial score (nSPS) is 10.4. The van der Waals surface area contributed by atoms with E-state index >= 15 is 0 Å². The first kappa shape index (κ1) is 11.1. The van der Waals surface area contributed by atoms with Gasteiger partial charge in [0.2, 0.25) is 0 Å². The van der Waals surface area contributed by atoms with E-state index in [0.29, 0.717) is 0 Å². The molecule has 0 atom stereocenters. The summed E-state index contributed by atoms with van der Waals surface area (Å²) < 4.78 is 2.52. The Morgan fingerprint density at radius 1 is 1.12 bits per heavy atom. The van der Waals surface area contributed by atoms with Crippen LogP contribution >= 0.6 is 15.9 Å². The van der Waals surface area contributed by atoms with Gasteiger partial charge >= 0.3 is 0 Å². The summed E-state index contributed by atoms with van der Waals surface area (Å²) in [7, 11) is 0. The summed E-state index contributed by atoms with van der Waals surface area (Å²) in [6, 6.07) is 11.3. The molecule has 0 fully saturated rings. The van der Waals surface area contributed by atoms with Crippen LogP contribution in [0.25, 0.3) is 5.69 Å². The number of rotatable bonds is 2.